The maximum atomic E-state index is 12.6. The van der Waals surface area contributed by atoms with E-state index in [2.05, 4.69) is 34.6 Å². The van der Waals surface area contributed by atoms with Gasteiger partial charge in [0.15, 0.2) is 0 Å². The van der Waals surface area contributed by atoms with Gasteiger partial charge in [-0.2, -0.15) is 0 Å². The third kappa shape index (κ3) is 3.68. The first-order valence-electron chi connectivity index (χ1n) is 8.09. The zero-order chi connectivity index (χ0) is 16.8. The summed E-state index contributed by atoms with van der Waals surface area (Å²) in [6.45, 7) is 2.12. The molecule has 3 aromatic rings. The van der Waals surface area contributed by atoms with Crippen LogP contribution in [0.4, 0.5) is 0 Å². The van der Waals surface area contributed by atoms with Gasteiger partial charge in [-0.05, 0) is 36.2 Å². The van der Waals surface area contributed by atoms with Crippen molar-refractivity contribution in [2.24, 2.45) is 0 Å². The van der Waals surface area contributed by atoms with Gasteiger partial charge in [0.1, 0.15) is 12.7 Å². The Morgan fingerprint density at radius 1 is 1.04 bits per heavy atom. The molecule has 0 saturated carbocycles. The third-order valence-corrected chi connectivity index (χ3v) is 3.93. The second-order valence-corrected chi connectivity index (χ2v) is 5.64. The molecule has 1 heterocycles. The minimum Gasteiger partial charge on any atom is -0.345 e. The van der Waals surface area contributed by atoms with Crippen LogP contribution in [0.5, 0.6) is 0 Å². The summed E-state index contributed by atoms with van der Waals surface area (Å²) < 4.78 is 1.80. The van der Waals surface area contributed by atoms with E-state index >= 15 is 0 Å². The van der Waals surface area contributed by atoms with Crippen LogP contribution in [0.3, 0.4) is 0 Å². The Balaban J connectivity index is 1.73. The predicted molar refractivity (Wildman–Crippen MR) is 92.9 cm³/mol. The molecular weight excluding hydrogens is 300 g/mol. The van der Waals surface area contributed by atoms with Gasteiger partial charge in [0.25, 0.3) is 5.91 Å². The normalized spacial score (nSPS) is 11.9. The van der Waals surface area contributed by atoms with Crippen LogP contribution in [0.15, 0.2) is 67.3 Å². The highest BCUT2D eigenvalue weighted by atomic mass is 16.1. The van der Waals surface area contributed by atoms with E-state index in [0.717, 1.165) is 24.1 Å². The van der Waals surface area contributed by atoms with Gasteiger partial charge < -0.3 is 5.32 Å². The van der Waals surface area contributed by atoms with Crippen molar-refractivity contribution < 1.29 is 4.79 Å². The van der Waals surface area contributed by atoms with Crippen molar-refractivity contribution in [2.75, 3.05) is 0 Å². The molecule has 5 nitrogen and oxygen atoms in total. The Morgan fingerprint density at radius 3 is 2.33 bits per heavy atom. The van der Waals surface area contributed by atoms with Crippen LogP contribution >= 0.6 is 0 Å². The quantitative estimate of drug-likeness (QED) is 0.756. The van der Waals surface area contributed by atoms with Crippen molar-refractivity contribution in [1.82, 2.24) is 20.1 Å². The second kappa shape index (κ2) is 7.55. The number of amides is 1. The van der Waals surface area contributed by atoms with Crippen LogP contribution < -0.4 is 5.32 Å². The fourth-order valence-electron chi connectivity index (χ4n) is 2.66. The van der Waals surface area contributed by atoms with Crippen molar-refractivity contribution in [1.29, 1.82) is 0 Å². The Hall–Kier alpha value is -2.95. The number of hydrogen-bond acceptors (Lipinski definition) is 3. The molecule has 0 aliphatic carbocycles. The topological polar surface area (TPSA) is 59.8 Å². The summed E-state index contributed by atoms with van der Waals surface area (Å²) in [6, 6.07) is 17.5. The van der Waals surface area contributed by atoms with E-state index in [-0.39, 0.29) is 11.9 Å². The molecule has 0 aliphatic heterocycles. The fraction of sp³-hybridized carbons (Fsp3) is 0.211. The molecule has 5 heteroatoms. The number of nitrogens with zero attached hydrogens (tertiary/aromatic N) is 3. The van der Waals surface area contributed by atoms with Crippen LogP contribution in [0.1, 0.15) is 41.7 Å². The van der Waals surface area contributed by atoms with Crippen molar-refractivity contribution in [2.45, 2.75) is 25.8 Å². The minimum absolute atomic E-state index is 0.0289. The first-order valence-corrected chi connectivity index (χ1v) is 8.09. The summed E-state index contributed by atoms with van der Waals surface area (Å²) in [7, 11) is 0. The molecular formula is C19H20N4O. The van der Waals surface area contributed by atoms with Gasteiger partial charge in [-0.25, -0.2) is 0 Å². The molecule has 1 aromatic heterocycles. The van der Waals surface area contributed by atoms with Crippen molar-refractivity contribution in [3.05, 3.63) is 78.4 Å². The lowest BCUT2D eigenvalue weighted by atomic mass is 10.0. The fourth-order valence-corrected chi connectivity index (χ4v) is 2.66. The largest absolute Gasteiger partial charge is 0.345 e. The third-order valence-electron chi connectivity index (χ3n) is 3.93. The molecule has 3 rings (SSSR count). The van der Waals surface area contributed by atoms with E-state index in [1.54, 1.807) is 17.2 Å². The summed E-state index contributed by atoms with van der Waals surface area (Å²) in [6.07, 6.45) is 5.17. The molecule has 0 saturated heterocycles. The van der Waals surface area contributed by atoms with Gasteiger partial charge >= 0.3 is 0 Å². The summed E-state index contributed by atoms with van der Waals surface area (Å²) in [5.74, 6) is -0.0624. The lowest BCUT2D eigenvalue weighted by molar-refractivity contribution is 0.0934. The first kappa shape index (κ1) is 15.9. The van der Waals surface area contributed by atoms with Gasteiger partial charge in [-0.3, -0.25) is 9.36 Å². The molecule has 122 valence electrons. The molecule has 0 aliphatic rings. The SMILES string of the molecule is CCCC(NC(=O)c1ccc(-n2cnnc2)cc1)c1ccccc1. The van der Waals surface area contributed by atoms with Crippen LogP contribution in [-0.2, 0) is 0 Å². The number of nitrogens with one attached hydrogen (secondary N) is 1. The van der Waals surface area contributed by atoms with E-state index in [0.29, 0.717) is 5.56 Å². The Labute approximate surface area is 141 Å². The van der Waals surface area contributed by atoms with E-state index in [1.165, 1.54) is 0 Å². The monoisotopic (exact) mass is 320 g/mol. The van der Waals surface area contributed by atoms with E-state index < -0.39 is 0 Å². The molecule has 1 atom stereocenters. The number of benzene rings is 2. The molecule has 0 spiro atoms. The molecule has 1 amide bonds. The molecule has 0 fully saturated rings. The summed E-state index contributed by atoms with van der Waals surface area (Å²) in [5.41, 5.74) is 2.70. The van der Waals surface area contributed by atoms with Gasteiger partial charge in [0.05, 0.1) is 6.04 Å². The molecule has 24 heavy (non-hydrogen) atoms. The molecule has 1 N–H and O–H groups in total. The standard InChI is InChI=1S/C19H20N4O/c1-2-6-18(15-7-4-3-5-8-15)22-19(24)16-9-11-17(12-10-16)23-13-20-21-14-23/h3-5,7-14,18H,2,6H2,1H3,(H,22,24). The van der Waals surface area contributed by atoms with Crippen molar-refractivity contribution >= 4 is 5.91 Å². The van der Waals surface area contributed by atoms with E-state index in [4.69, 9.17) is 0 Å². The van der Waals surface area contributed by atoms with Crippen LogP contribution in [0.2, 0.25) is 0 Å². The van der Waals surface area contributed by atoms with Gasteiger partial charge in [0, 0.05) is 11.3 Å². The Morgan fingerprint density at radius 2 is 1.71 bits per heavy atom. The lowest BCUT2D eigenvalue weighted by Gasteiger charge is -2.18. The first-order chi connectivity index (χ1) is 11.8. The zero-order valence-electron chi connectivity index (χ0n) is 13.6. The lowest BCUT2D eigenvalue weighted by Crippen LogP contribution is -2.28. The van der Waals surface area contributed by atoms with Crippen LogP contribution in [-0.4, -0.2) is 20.7 Å². The van der Waals surface area contributed by atoms with E-state index in [9.17, 15) is 4.79 Å². The van der Waals surface area contributed by atoms with E-state index in [1.807, 2.05) is 42.5 Å². The Bertz CT molecular complexity index is 767. The molecule has 1 unspecified atom stereocenters. The zero-order valence-corrected chi connectivity index (χ0v) is 13.6. The highest BCUT2D eigenvalue weighted by molar-refractivity contribution is 5.94. The summed E-state index contributed by atoms with van der Waals surface area (Å²) >= 11 is 0. The highest BCUT2D eigenvalue weighted by Gasteiger charge is 2.14. The van der Waals surface area contributed by atoms with Crippen LogP contribution in [0.25, 0.3) is 5.69 Å². The molecule has 2 aromatic carbocycles. The van der Waals surface area contributed by atoms with Crippen molar-refractivity contribution in [3.8, 4) is 5.69 Å². The number of rotatable bonds is 6. The van der Waals surface area contributed by atoms with Gasteiger partial charge in [-0.1, -0.05) is 43.7 Å². The second-order valence-electron chi connectivity index (χ2n) is 5.64. The van der Waals surface area contributed by atoms with Gasteiger partial charge in [0.2, 0.25) is 0 Å². The van der Waals surface area contributed by atoms with Gasteiger partial charge in [-0.15, -0.1) is 10.2 Å². The number of carbonyl (C=O) groups excluding carboxylic acids is 1. The summed E-state index contributed by atoms with van der Waals surface area (Å²) in [4.78, 5) is 12.6. The highest BCUT2D eigenvalue weighted by Crippen LogP contribution is 2.19. The average molecular weight is 320 g/mol. The summed E-state index contributed by atoms with van der Waals surface area (Å²) in [5, 5.41) is 10.7. The average Bonchev–Trinajstić information content (AvgIpc) is 3.17. The smallest absolute Gasteiger partial charge is 0.251 e. The maximum absolute atomic E-state index is 12.6. The van der Waals surface area contributed by atoms with Crippen molar-refractivity contribution in [3.63, 3.8) is 0 Å². The number of hydrogen-bond donors (Lipinski definition) is 1. The molecule has 0 bridgehead atoms. The Kier molecular flexibility index (Phi) is 5.01. The molecule has 0 radical (unpaired) electrons. The number of aromatic nitrogens is 3. The minimum atomic E-state index is -0.0624. The number of carbonyl (C=O) groups is 1. The maximum Gasteiger partial charge on any atom is 0.251 e. The predicted octanol–water partition coefficient (Wildman–Crippen LogP) is 3.54. The van der Waals surface area contributed by atoms with Crippen LogP contribution in [0, 0.1) is 0 Å².